The molecule has 0 heterocycles. The van der Waals surface area contributed by atoms with Crippen LogP contribution in [0.4, 0.5) is 0 Å². The first-order valence-corrected chi connectivity index (χ1v) is 5.00. The fraction of sp³-hybridized carbons (Fsp3) is 0.900. The summed E-state index contributed by atoms with van der Waals surface area (Å²) >= 11 is 0. The molecular formula is C10H23N3O. The number of hydrogen-bond donors (Lipinski definition) is 2. The first kappa shape index (κ1) is 13.4. The second kappa shape index (κ2) is 5.98. The Morgan fingerprint density at radius 3 is 2.50 bits per heavy atom. The van der Waals surface area contributed by atoms with E-state index in [1.807, 2.05) is 7.05 Å². The standard InChI is InChI=1S/C10H23N3O/c1-9(14)12-5-6-13(4)8-10(2,3)7-11/h5-8,11H2,1-4H3,(H,12,14). The summed E-state index contributed by atoms with van der Waals surface area (Å²) in [6.45, 7) is 9.00. The number of nitrogens with zero attached hydrogens (tertiary/aromatic N) is 1. The van der Waals surface area contributed by atoms with Crippen LogP contribution < -0.4 is 11.1 Å². The van der Waals surface area contributed by atoms with Crippen LogP contribution in [-0.4, -0.2) is 44.0 Å². The Bertz CT molecular complexity index is 180. The highest BCUT2D eigenvalue weighted by Crippen LogP contribution is 2.13. The van der Waals surface area contributed by atoms with Crippen LogP contribution in [-0.2, 0) is 4.79 Å². The highest BCUT2D eigenvalue weighted by atomic mass is 16.1. The van der Waals surface area contributed by atoms with Crippen molar-refractivity contribution < 1.29 is 4.79 Å². The SMILES string of the molecule is CC(=O)NCCN(C)CC(C)(C)CN. The molecule has 0 rings (SSSR count). The van der Waals surface area contributed by atoms with Crippen LogP contribution in [0.5, 0.6) is 0 Å². The van der Waals surface area contributed by atoms with Crippen molar-refractivity contribution in [2.75, 3.05) is 33.2 Å². The highest BCUT2D eigenvalue weighted by Gasteiger charge is 2.17. The molecule has 1 amide bonds. The van der Waals surface area contributed by atoms with Crippen molar-refractivity contribution in [1.29, 1.82) is 0 Å². The first-order valence-electron chi connectivity index (χ1n) is 5.00. The first-order chi connectivity index (χ1) is 6.37. The molecule has 84 valence electrons. The van der Waals surface area contributed by atoms with Crippen LogP contribution in [0, 0.1) is 5.41 Å². The van der Waals surface area contributed by atoms with Crippen LogP contribution in [0.3, 0.4) is 0 Å². The molecule has 0 aromatic heterocycles. The Morgan fingerprint density at radius 2 is 2.07 bits per heavy atom. The van der Waals surface area contributed by atoms with E-state index >= 15 is 0 Å². The van der Waals surface area contributed by atoms with E-state index in [1.165, 1.54) is 6.92 Å². The van der Waals surface area contributed by atoms with Gasteiger partial charge in [0.25, 0.3) is 0 Å². The Kier molecular flexibility index (Phi) is 5.72. The van der Waals surface area contributed by atoms with Gasteiger partial charge in [-0.2, -0.15) is 0 Å². The smallest absolute Gasteiger partial charge is 0.216 e. The van der Waals surface area contributed by atoms with Crippen LogP contribution in [0.15, 0.2) is 0 Å². The molecule has 0 radical (unpaired) electrons. The minimum atomic E-state index is 0.0245. The number of likely N-dealkylation sites (N-methyl/N-ethyl adjacent to an activating group) is 1. The van der Waals surface area contributed by atoms with Gasteiger partial charge >= 0.3 is 0 Å². The number of nitrogens with two attached hydrogens (primary N) is 1. The molecule has 0 bridgehead atoms. The third kappa shape index (κ3) is 6.86. The van der Waals surface area contributed by atoms with Gasteiger partial charge in [0, 0.05) is 26.6 Å². The minimum absolute atomic E-state index is 0.0245. The lowest BCUT2D eigenvalue weighted by molar-refractivity contribution is -0.119. The highest BCUT2D eigenvalue weighted by molar-refractivity contribution is 5.72. The summed E-state index contributed by atoms with van der Waals surface area (Å²) < 4.78 is 0. The van der Waals surface area contributed by atoms with E-state index in [1.54, 1.807) is 0 Å². The Balaban J connectivity index is 3.65. The van der Waals surface area contributed by atoms with Crippen molar-refractivity contribution in [3.63, 3.8) is 0 Å². The van der Waals surface area contributed by atoms with Crippen LogP contribution >= 0.6 is 0 Å². The average molecular weight is 201 g/mol. The number of hydrogen-bond acceptors (Lipinski definition) is 3. The molecule has 14 heavy (non-hydrogen) atoms. The predicted molar refractivity (Wildman–Crippen MR) is 59.0 cm³/mol. The number of carbonyl (C=O) groups is 1. The largest absolute Gasteiger partial charge is 0.355 e. The maximum Gasteiger partial charge on any atom is 0.216 e. The zero-order valence-corrected chi connectivity index (χ0v) is 9.76. The van der Waals surface area contributed by atoms with Crippen molar-refractivity contribution in [3.05, 3.63) is 0 Å². The zero-order chi connectivity index (χ0) is 11.2. The lowest BCUT2D eigenvalue weighted by Crippen LogP contribution is -2.40. The third-order valence-corrected chi connectivity index (χ3v) is 2.12. The summed E-state index contributed by atoms with van der Waals surface area (Å²) in [6, 6.07) is 0. The molecule has 0 fully saturated rings. The monoisotopic (exact) mass is 201 g/mol. The van der Waals surface area contributed by atoms with E-state index < -0.39 is 0 Å². The lowest BCUT2D eigenvalue weighted by Gasteiger charge is -2.28. The molecule has 4 nitrogen and oxygen atoms in total. The number of carbonyl (C=O) groups excluding carboxylic acids is 1. The molecule has 4 heteroatoms. The fourth-order valence-corrected chi connectivity index (χ4v) is 1.30. The van der Waals surface area contributed by atoms with Crippen LogP contribution in [0.2, 0.25) is 0 Å². The minimum Gasteiger partial charge on any atom is -0.355 e. The molecule has 3 N–H and O–H groups in total. The molecule has 0 saturated heterocycles. The van der Waals surface area contributed by atoms with Gasteiger partial charge in [-0.1, -0.05) is 13.8 Å². The van der Waals surface area contributed by atoms with Gasteiger partial charge in [0.05, 0.1) is 0 Å². The Hall–Kier alpha value is -0.610. The number of rotatable bonds is 6. The van der Waals surface area contributed by atoms with Crippen molar-refractivity contribution >= 4 is 5.91 Å². The summed E-state index contributed by atoms with van der Waals surface area (Å²) in [7, 11) is 2.04. The van der Waals surface area contributed by atoms with E-state index in [0.29, 0.717) is 13.1 Å². The summed E-state index contributed by atoms with van der Waals surface area (Å²) in [5, 5.41) is 2.77. The zero-order valence-electron chi connectivity index (χ0n) is 9.76. The van der Waals surface area contributed by atoms with Gasteiger partial charge in [-0.15, -0.1) is 0 Å². The summed E-state index contributed by atoms with van der Waals surface area (Å²) in [6.07, 6.45) is 0. The predicted octanol–water partition coefficient (Wildman–Crippen LogP) is 0.0392. The maximum absolute atomic E-state index is 10.6. The fourth-order valence-electron chi connectivity index (χ4n) is 1.30. The molecule has 0 aromatic rings. The van der Waals surface area contributed by atoms with Gasteiger partial charge in [0.2, 0.25) is 5.91 Å². The second-order valence-corrected chi connectivity index (χ2v) is 4.59. The maximum atomic E-state index is 10.6. The lowest BCUT2D eigenvalue weighted by atomic mass is 9.93. The van der Waals surface area contributed by atoms with Crippen LogP contribution in [0.1, 0.15) is 20.8 Å². The van der Waals surface area contributed by atoms with Crippen molar-refractivity contribution in [3.8, 4) is 0 Å². The van der Waals surface area contributed by atoms with Gasteiger partial charge in [-0.25, -0.2) is 0 Å². The Labute approximate surface area is 86.8 Å². The molecule has 0 aliphatic rings. The van der Waals surface area contributed by atoms with Gasteiger partial charge in [0.1, 0.15) is 0 Å². The van der Waals surface area contributed by atoms with Crippen molar-refractivity contribution in [1.82, 2.24) is 10.2 Å². The third-order valence-electron chi connectivity index (χ3n) is 2.12. The normalized spacial score (nSPS) is 11.9. The number of nitrogens with one attached hydrogen (secondary N) is 1. The topological polar surface area (TPSA) is 58.4 Å². The van der Waals surface area contributed by atoms with E-state index in [2.05, 4.69) is 24.1 Å². The molecule has 0 aromatic carbocycles. The quantitative estimate of drug-likeness (QED) is 0.638. The molecular weight excluding hydrogens is 178 g/mol. The van der Waals surface area contributed by atoms with Crippen LogP contribution in [0.25, 0.3) is 0 Å². The molecule has 0 atom stereocenters. The van der Waals surface area contributed by atoms with E-state index in [-0.39, 0.29) is 11.3 Å². The average Bonchev–Trinajstić information content (AvgIpc) is 2.02. The summed E-state index contributed by atoms with van der Waals surface area (Å²) in [5.74, 6) is 0.0245. The van der Waals surface area contributed by atoms with Gasteiger partial charge in [-0.3, -0.25) is 4.79 Å². The second-order valence-electron chi connectivity index (χ2n) is 4.59. The molecule has 0 unspecified atom stereocenters. The van der Waals surface area contributed by atoms with E-state index in [0.717, 1.165) is 13.1 Å². The molecule has 0 aliphatic heterocycles. The van der Waals surface area contributed by atoms with Gasteiger partial charge in [-0.05, 0) is 19.0 Å². The summed E-state index contributed by atoms with van der Waals surface area (Å²) in [5.41, 5.74) is 5.78. The molecule has 0 aliphatic carbocycles. The summed E-state index contributed by atoms with van der Waals surface area (Å²) in [4.78, 5) is 12.8. The Morgan fingerprint density at radius 1 is 1.50 bits per heavy atom. The van der Waals surface area contributed by atoms with Gasteiger partial charge in [0.15, 0.2) is 0 Å². The number of amides is 1. The van der Waals surface area contributed by atoms with Gasteiger partial charge < -0.3 is 16.0 Å². The van der Waals surface area contributed by atoms with Crippen molar-refractivity contribution in [2.45, 2.75) is 20.8 Å². The molecule has 0 saturated carbocycles. The molecule has 0 spiro atoms. The van der Waals surface area contributed by atoms with E-state index in [9.17, 15) is 4.79 Å². The van der Waals surface area contributed by atoms with Crippen molar-refractivity contribution in [2.24, 2.45) is 11.1 Å². The van der Waals surface area contributed by atoms with E-state index in [4.69, 9.17) is 5.73 Å².